The van der Waals surface area contributed by atoms with Crippen molar-refractivity contribution in [1.29, 1.82) is 0 Å². The molecule has 0 radical (unpaired) electrons. The highest BCUT2D eigenvalue weighted by atomic mass is 79.9. The van der Waals surface area contributed by atoms with E-state index in [1.807, 2.05) is 30.3 Å². The summed E-state index contributed by atoms with van der Waals surface area (Å²) in [4.78, 5) is 13.0. The Morgan fingerprint density at radius 3 is 2.45 bits per heavy atom. The fourth-order valence-corrected chi connectivity index (χ4v) is 3.54. The van der Waals surface area contributed by atoms with Crippen LogP contribution in [-0.4, -0.2) is 6.29 Å². The lowest BCUT2D eigenvalue weighted by molar-refractivity contribution is 0.112. The molecule has 0 fully saturated rings. The van der Waals surface area contributed by atoms with E-state index in [0.717, 1.165) is 15.7 Å². The van der Waals surface area contributed by atoms with Crippen molar-refractivity contribution in [3.8, 4) is 0 Å². The molecule has 1 nitrogen and oxygen atoms in total. The van der Waals surface area contributed by atoms with Gasteiger partial charge in [0.05, 0.1) is 0 Å². The van der Waals surface area contributed by atoms with Gasteiger partial charge in [-0.15, -0.1) is 0 Å². The average Bonchev–Trinajstić information content (AvgIpc) is 2.49. The third-order valence-corrected chi connectivity index (χ3v) is 5.02. The highest BCUT2D eigenvalue weighted by molar-refractivity contribution is 9.10. The van der Waals surface area contributed by atoms with Crippen LogP contribution in [0.1, 0.15) is 10.4 Å². The zero-order chi connectivity index (χ0) is 13.9. The van der Waals surface area contributed by atoms with Crippen LogP contribution in [0.2, 0.25) is 0 Å². The molecule has 98 valence electrons. The quantitative estimate of drug-likeness (QED) is 0.579. The third kappa shape index (κ3) is 2.79. The molecule has 3 heteroatoms. The molecule has 0 N–H and O–H groups in total. The molecular formula is C17H11BrOS. The summed E-state index contributed by atoms with van der Waals surface area (Å²) < 4.78 is 0.945. The molecule has 3 aromatic carbocycles. The van der Waals surface area contributed by atoms with Gasteiger partial charge < -0.3 is 0 Å². The zero-order valence-electron chi connectivity index (χ0n) is 10.5. The van der Waals surface area contributed by atoms with Crippen molar-refractivity contribution in [2.45, 2.75) is 9.79 Å². The Bertz CT molecular complexity index is 783. The Morgan fingerprint density at radius 1 is 0.900 bits per heavy atom. The van der Waals surface area contributed by atoms with Gasteiger partial charge >= 0.3 is 0 Å². The van der Waals surface area contributed by atoms with Crippen LogP contribution in [-0.2, 0) is 0 Å². The molecule has 0 heterocycles. The van der Waals surface area contributed by atoms with E-state index in [-0.39, 0.29) is 0 Å². The fourth-order valence-electron chi connectivity index (χ4n) is 2.03. The smallest absolute Gasteiger partial charge is 0.150 e. The van der Waals surface area contributed by atoms with E-state index in [9.17, 15) is 4.79 Å². The monoisotopic (exact) mass is 342 g/mol. The highest BCUT2D eigenvalue weighted by Gasteiger charge is 2.04. The van der Waals surface area contributed by atoms with E-state index < -0.39 is 0 Å². The second-order valence-corrected chi connectivity index (χ2v) is 6.39. The average molecular weight is 343 g/mol. The maximum absolute atomic E-state index is 10.7. The molecule has 0 aliphatic heterocycles. The van der Waals surface area contributed by atoms with Gasteiger partial charge in [-0.25, -0.2) is 0 Å². The summed E-state index contributed by atoms with van der Waals surface area (Å²) in [6, 6.07) is 20.4. The van der Waals surface area contributed by atoms with Crippen LogP contribution < -0.4 is 0 Å². The van der Waals surface area contributed by atoms with Crippen LogP contribution in [0, 0.1) is 0 Å². The summed E-state index contributed by atoms with van der Waals surface area (Å²) in [5.41, 5.74) is 0.680. The summed E-state index contributed by atoms with van der Waals surface area (Å²) in [7, 11) is 0. The van der Waals surface area contributed by atoms with Gasteiger partial charge in [0.2, 0.25) is 0 Å². The number of aldehydes is 1. The van der Waals surface area contributed by atoms with Gasteiger partial charge in [-0.2, -0.15) is 0 Å². The summed E-state index contributed by atoms with van der Waals surface area (Å²) in [6.45, 7) is 0. The Balaban J connectivity index is 1.94. The number of fused-ring (bicyclic) bond motifs is 1. The van der Waals surface area contributed by atoms with Crippen molar-refractivity contribution in [3.63, 3.8) is 0 Å². The predicted molar refractivity (Wildman–Crippen MR) is 87.6 cm³/mol. The molecule has 3 aromatic rings. The van der Waals surface area contributed by atoms with Crippen LogP contribution in [0.25, 0.3) is 10.8 Å². The van der Waals surface area contributed by atoms with E-state index >= 15 is 0 Å². The summed E-state index contributed by atoms with van der Waals surface area (Å²) in [6.07, 6.45) is 0.856. The molecule has 3 rings (SSSR count). The maximum atomic E-state index is 10.7. The van der Waals surface area contributed by atoms with Gasteiger partial charge in [0.15, 0.2) is 0 Å². The predicted octanol–water partition coefficient (Wildman–Crippen LogP) is 5.57. The Kier molecular flexibility index (Phi) is 3.90. The number of carbonyl (C=O) groups is 1. The van der Waals surface area contributed by atoms with Crippen molar-refractivity contribution >= 4 is 44.8 Å². The Morgan fingerprint density at radius 2 is 1.70 bits per heavy atom. The number of rotatable bonds is 3. The molecule has 0 spiro atoms. The first-order chi connectivity index (χ1) is 9.76. The van der Waals surface area contributed by atoms with Gasteiger partial charge in [-0.1, -0.05) is 48.2 Å². The number of hydrogen-bond acceptors (Lipinski definition) is 2. The molecule has 0 saturated carbocycles. The lowest BCUT2D eigenvalue weighted by atomic mass is 10.1. The van der Waals surface area contributed by atoms with E-state index in [1.165, 1.54) is 15.7 Å². The van der Waals surface area contributed by atoms with Crippen molar-refractivity contribution in [1.82, 2.24) is 0 Å². The van der Waals surface area contributed by atoms with E-state index in [0.29, 0.717) is 5.56 Å². The standard InChI is InChI=1S/C17H11BrOS/c18-16-9-12(11-19)5-8-17(16)20-15-7-6-13-3-1-2-4-14(13)10-15/h1-11H. The van der Waals surface area contributed by atoms with Gasteiger partial charge in [0.1, 0.15) is 6.29 Å². The number of benzene rings is 3. The second kappa shape index (κ2) is 5.81. The Labute approximate surface area is 130 Å². The number of hydrogen-bond donors (Lipinski definition) is 0. The Hall–Kier alpha value is -1.58. The molecule has 0 aliphatic rings. The normalized spacial score (nSPS) is 10.7. The minimum Gasteiger partial charge on any atom is -0.298 e. The van der Waals surface area contributed by atoms with Crippen LogP contribution >= 0.6 is 27.7 Å². The maximum Gasteiger partial charge on any atom is 0.150 e. The molecule has 0 aliphatic carbocycles. The molecule has 0 saturated heterocycles. The molecule has 0 amide bonds. The van der Waals surface area contributed by atoms with Gasteiger partial charge in [0.25, 0.3) is 0 Å². The van der Waals surface area contributed by atoms with Crippen LogP contribution in [0.5, 0.6) is 0 Å². The van der Waals surface area contributed by atoms with E-state index in [1.54, 1.807) is 11.8 Å². The summed E-state index contributed by atoms with van der Waals surface area (Å²) in [5.74, 6) is 0. The summed E-state index contributed by atoms with van der Waals surface area (Å²) >= 11 is 5.20. The van der Waals surface area contributed by atoms with Crippen LogP contribution in [0.3, 0.4) is 0 Å². The number of carbonyl (C=O) groups excluding carboxylic acids is 1. The fraction of sp³-hybridized carbons (Fsp3) is 0. The van der Waals surface area contributed by atoms with Gasteiger partial charge in [-0.05, 0) is 51.0 Å². The molecule has 20 heavy (non-hydrogen) atoms. The lowest BCUT2D eigenvalue weighted by Crippen LogP contribution is -1.82. The molecule has 0 unspecified atom stereocenters. The minimum absolute atomic E-state index is 0.680. The second-order valence-electron chi connectivity index (χ2n) is 4.42. The van der Waals surface area contributed by atoms with Crippen LogP contribution in [0.15, 0.2) is 74.9 Å². The van der Waals surface area contributed by atoms with Crippen molar-refractivity contribution < 1.29 is 4.79 Å². The van der Waals surface area contributed by atoms with E-state index in [4.69, 9.17) is 0 Å². The number of halogens is 1. The molecule has 0 atom stereocenters. The molecule has 0 aromatic heterocycles. The first-order valence-electron chi connectivity index (χ1n) is 6.18. The molecular weight excluding hydrogens is 332 g/mol. The minimum atomic E-state index is 0.680. The first-order valence-corrected chi connectivity index (χ1v) is 7.78. The SMILES string of the molecule is O=Cc1ccc(Sc2ccc3ccccc3c2)c(Br)c1. The van der Waals surface area contributed by atoms with Gasteiger partial charge in [0, 0.05) is 19.8 Å². The lowest BCUT2D eigenvalue weighted by Gasteiger charge is -2.06. The van der Waals surface area contributed by atoms with E-state index in [2.05, 4.69) is 46.3 Å². The topological polar surface area (TPSA) is 17.1 Å². The van der Waals surface area contributed by atoms with Crippen molar-refractivity contribution in [2.75, 3.05) is 0 Å². The van der Waals surface area contributed by atoms with Crippen molar-refractivity contribution in [3.05, 3.63) is 70.7 Å². The first kappa shape index (κ1) is 13.4. The molecule has 0 bridgehead atoms. The largest absolute Gasteiger partial charge is 0.298 e. The van der Waals surface area contributed by atoms with Gasteiger partial charge in [-0.3, -0.25) is 4.79 Å². The van der Waals surface area contributed by atoms with Crippen molar-refractivity contribution in [2.24, 2.45) is 0 Å². The highest BCUT2D eigenvalue weighted by Crippen LogP contribution is 2.35. The zero-order valence-corrected chi connectivity index (χ0v) is 12.9. The summed E-state index contributed by atoms with van der Waals surface area (Å²) in [5, 5.41) is 2.48. The third-order valence-electron chi connectivity index (χ3n) is 3.04. The van der Waals surface area contributed by atoms with Crippen LogP contribution in [0.4, 0.5) is 0 Å².